The van der Waals surface area contributed by atoms with Crippen LogP contribution in [0.5, 0.6) is 5.75 Å². The van der Waals surface area contributed by atoms with Crippen LogP contribution in [0.15, 0.2) is 30.5 Å². The van der Waals surface area contributed by atoms with Crippen LogP contribution in [-0.4, -0.2) is 43.2 Å². The number of nitrogen functional groups attached to an aromatic ring is 1. The molecular weight excluding hydrogens is 320 g/mol. The highest BCUT2D eigenvalue weighted by atomic mass is 35.5. The minimum atomic E-state index is 0. The van der Waals surface area contributed by atoms with E-state index in [9.17, 15) is 0 Å². The Kier molecular flexibility index (Phi) is 5.88. The molecule has 1 aromatic heterocycles. The minimum absolute atomic E-state index is 0. The zero-order valence-corrected chi connectivity index (χ0v) is 14.2. The van der Waals surface area contributed by atoms with Crippen molar-refractivity contribution in [2.75, 3.05) is 43.9 Å². The monoisotopic (exact) mass is 340 g/mol. The molecule has 7 heteroatoms. The fourth-order valence-electron chi connectivity index (χ4n) is 2.65. The molecule has 2 heterocycles. The molecule has 1 aliphatic heterocycles. The van der Waals surface area contributed by atoms with E-state index < -0.39 is 0 Å². The topological polar surface area (TPSA) is 54.6 Å². The van der Waals surface area contributed by atoms with Gasteiger partial charge in [-0.15, -0.1) is 23.7 Å². The second-order valence-corrected chi connectivity index (χ2v) is 6.25. The molecule has 0 unspecified atom stereocenters. The van der Waals surface area contributed by atoms with Gasteiger partial charge in [0.05, 0.1) is 12.8 Å². The van der Waals surface area contributed by atoms with Gasteiger partial charge in [0, 0.05) is 43.8 Å². The van der Waals surface area contributed by atoms with E-state index in [-0.39, 0.29) is 12.4 Å². The Morgan fingerprint density at radius 1 is 1.23 bits per heavy atom. The van der Waals surface area contributed by atoms with Gasteiger partial charge >= 0.3 is 0 Å². The van der Waals surface area contributed by atoms with Crippen molar-refractivity contribution >= 4 is 34.6 Å². The van der Waals surface area contributed by atoms with E-state index in [4.69, 9.17) is 10.5 Å². The van der Waals surface area contributed by atoms with Gasteiger partial charge in [0.2, 0.25) is 0 Å². The third kappa shape index (κ3) is 3.82. The minimum Gasteiger partial charge on any atom is -0.495 e. The maximum absolute atomic E-state index is 5.68. The van der Waals surface area contributed by atoms with Crippen LogP contribution >= 0.6 is 23.7 Å². The lowest BCUT2D eigenvalue weighted by Crippen LogP contribution is -2.45. The molecule has 22 heavy (non-hydrogen) atoms. The molecule has 1 saturated heterocycles. The first-order chi connectivity index (χ1) is 10.3. The number of ether oxygens (including phenoxy) is 1. The number of benzene rings is 1. The Hall–Kier alpha value is -1.50. The summed E-state index contributed by atoms with van der Waals surface area (Å²) in [4.78, 5) is 10.2. The number of thiazole rings is 1. The zero-order valence-electron chi connectivity index (χ0n) is 12.6. The van der Waals surface area contributed by atoms with E-state index in [1.54, 1.807) is 18.4 Å². The zero-order chi connectivity index (χ0) is 14.7. The summed E-state index contributed by atoms with van der Waals surface area (Å²) >= 11 is 1.58. The Morgan fingerprint density at radius 2 is 1.95 bits per heavy atom. The number of halogens is 1. The lowest BCUT2D eigenvalue weighted by molar-refractivity contribution is 0.251. The van der Waals surface area contributed by atoms with Crippen LogP contribution in [0, 0.1) is 0 Å². The molecule has 0 saturated carbocycles. The first-order valence-corrected chi connectivity index (χ1v) is 7.88. The van der Waals surface area contributed by atoms with Crippen LogP contribution in [0.3, 0.4) is 0 Å². The van der Waals surface area contributed by atoms with Crippen LogP contribution in [0.1, 0.15) is 4.88 Å². The Morgan fingerprint density at radius 3 is 2.59 bits per heavy atom. The third-order valence-electron chi connectivity index (χ3n) is 3.75. The van der Waals surface area contributed by atoms with E-state index >= 15 is 0 Å². The number of para-hydroxylation sites is 2. The van der Waals surface area contributed by atoms with E-state index in [1.165, 1.54) is 10.6 Å². The molecular formula is C15H21ClN4OS. The van der Waals surface area contributed by atoms with Gasteiger partial charge in [0.25, 0.3) is 0 Å². The van der Waals surface area contributed by atoms with Gasteiger partial charge in [0.15, 0.2) is 5.13 Å². The summed E-state index contributed by atoms with van der Waals surface area (Å²) in [7, 11) is 1.73. The molecule has 0 radical (unpaired) electrons. The maximum atomic E-state index is 5.68. The summed E-state index contributed by atoms with van der Waals surface area (Å²) in [6.45, 7) is 5.03. The molecule has 5 nitrogen and oxygen atoms in total. The molecule has 0 amide bonds. The highest BCUT2D eigenvalue weighted by Crippen LogP contribution is 2.28. The van der Waals surface area contributed by atoms with Crippen LogP contribution in [0.4, 0.5) is 10.8 Å². The average Bonchev–Trinajstić information content (AvgIpc) is 2.93. The second kappa shape index (κ2) is 7.67. The highest BCUT2D eigenvalue weighted by Gasteiger charge is 2.19. The number of hydrogen-bond donors (Lipinski definition) is 1. The van der Waals surface area contributed by atoms with E-state index in [0.717, 1.165) is 38.5 Å². The Bertz CT molecular complexity index is 599. The van der Waals surface area contributed by atoms with Crippen molar-refractivity contribution < 1.29 is 4.74 Å². The van der Waals surface area contributed by atoms with Crippen LogP contribution in [0.2, 0.25) is 0 Å². The van der Waals surface area contributed by atoms with Crippen molar-refractivity contribution in [1.29, 1.82) is 0 Å². The van der Waals surface area contributed by atoms with Gasteiger partial charge in [-0.3, -0.25) is 4.90 Å². The maximum Gasteiger partial charge on any atom is 0.180 e. The third-order valence-corrected chi connectivity index (χ3v) is 4.56. The molecule has 1 aromatic carbocycles. The van der Waals surface area contributed by atoms with Gasteiger partial charge in [-0.2, -0.15) is 0 Å². The average molecular weight is 341 g/mol. The fraction of sp³-hybridized carbons (Fsp3) is 0.400. The molecule has 0 bridgehead atoms. The number of anilines is 2. The highest BCUT2D eigenvalue weighted by molar-refractivity contribution is 7.15. The summed E-state index contributed by atoms with van der Waals surface area (Å²) in [5.41, 5.74) is 6.86. The number of nitrogens with two attached hydrogens (primary N) is 1. The van der Waals surface area contributed by atoms with E-state index in [2.05, 4.69) is 26.9 Å². The first kappa shape index (κ1) is 16.9. The number of rotatable bonds is 4. The standard InChI is InChI=1S/C15H20N4OS.ClH/c1-20-14-5-3-2-4-13(14)19-8-6-18(7-9-19)11-12-10-17-15(16)21-12;/h2-5,10H,6-9,11H2,1H3,(H2,16,17);1H. The number of nitrogens with zero attached hydrogens (tertiary/aromatic N) is 3. The predicted octanol–water partition coefficient (Wildman–Crippen LogP) is 2.48. The van der Waals surface area contributed by atoms with Gasteiger partial charge < -0.3 is 15.4 Å². The molecule has 0 aliphatic carbocycles. The molecule has 3 rings (SSSR count). The van der Waals surface area contributed by atoms with Crippen LogP contribution in [-0.2, 0) is 6.54 Å². The van der Waals surface area contributed by atoms with Crippen molar-refractivity contribution in [3.8, 4) is 5.75 Å². The van der Waals surface area contributed by atoms with E-state index in [1.807, 2.05) is 18.3 Å². The van der Waals surface area contributed by atoms with Crippen LogP contribution < -0.4 is 15.4 Å². The van der Waals surface area contributed by atoms with Gasteiger partial charge in [-0.25, -0.2) is 4.98 Å². The molecule has 1 fully saturated rings. The van der Waals surface area contributed by atoms with Crippen molar-refractivity contribution in [3.05, 3.63) is 35.3 Å². The van der Waals surface area contributed by atoms with Crippen molar-refractivity contribution in [3.63, 3.8) is 0 Å². The lowest BCUT2D eigenvalue weighted by atomic mass is 10.2. The second-order valence-electron chi connectivity index (χ2n) is 5.10. The quantitative estimate of drug-likeness (QED) is 0.926. The Labute approximate surface area is 141 Å². The smallest absolute Gasteiger partial charge is 0.180 e. The molecule has 1 aliphatic rings. The van der Waals surface area contributed by atoms with Gasteiger partial charge in [-0.1, -0.05) is 12.1 Å². The summed E-state index contributed by atoms with van der Waals surface area (Å²) in [6.07, 6.45) is 1.88. The summed E-state index contributed by atoms with van der Waals surface area (Å²) < 4.78 is 5.45. The molecule has 0 atom stereocenters. The van der Waals surface area contributed by atoms with Crippen molar-refractivity contribution in [2.45, 2.75) is 6.54 Å². The molecule has 0 spiro atoms. The summed E-state index contributed by atoms with van der Waals surface area (Å²) in [5.74, 6) is 0.946. The normalized spacial score (nSPS) is 15.4. The lowest BCUT2D eigenvalue weighted by Gasteiger charge is -2.36. The SMILES string of the molecule is COc1ccccc1N1CCN(Cc2cnc(N)s2)CC1.Cl. The number of piperazine rings is 1. The first-order valence-electron chi connectivity index (χ1n) is 7.07. The summed E-state index contributed by atoms with van der Waals surface area (Å²) in [6, 6.07) is 8.21. The van der Waals surface area contributed by atoms with Crippen molar-refractivity contribution in [1.82, 2.24) is 9.88 Å². The van der Waals surface area contributed by atoms with E-state index in [0.29, 0.717) is 5.13 Å². The fourth-order valence-corrected chi connectivity index (χ4v) is 3.38. The van der Waals surface area contributed by atoms with Gasteiger partial charge in [-0.05, 0) is 12.1 Å². The summed E-state index contributed by atoms with van der Waals surface area (Å²) in [5, 5.41) is 0.651. The number of hydrogen-bond acceptors (Lipinski definition) is 6. The number of aromatic nitrogens is 1. The predicted molar refractivity (Wildman–Crippen MR) is 94.3 cm³/mol. The number of methoxy groups -OCH3 is 1. The van der Waals surface area contributed by atoms with Crippen molar-refractivity contribution in [2.24, 2.45) is 0 Å². The van der Waals surface area contributed by atoms with Gasteiger partial charge in [0.1, 0.15) is 5.75 Å². The Balaban J connectivity index is 0.00000176. The van der Waals surface area contributed by atoms with Crippen LogP contribution in [0.25, 0.3) is 0 Å². The largest absolute Gasteiger partial charge is 0.495 e. The molecule has 120 valence electrons. The molecule has 2 aromatic rings. The molecule has 2 N–H and O–H groups in total.